The summed E-state index contributed by atoms with van der Waals surface area (Å²) in [5, 5.41) is 3.92. The van der Waals surface area contributed by atoms with E-state index >= 15 is 0 Å². The molecule has 208 valence electrons. The molecule has 1 aromatic heterocycles. The number of anilines is 1. The number of nitrogens with zero attached hydrogens (tertiary/aromatic N) is 3. The Morgan fingerprint density at radius 1 is 1.02 bits per heavy atom. The highest BCUT2D eigenvalue weighted by atomic mass is 79.9. The normalized spacial score (nSPS) is 11.7. The molecule has 0 aliphatic rings. The molecule has 7 nitrogen and oxygen atoms in total. The summed E-state index contributed by atoms with van der Waals surface area (Å²) >= 11 is 9.80. The topological polar surface area (TPSA) is 76.5 Å². The largest absolute Gasteiger partial charge is 0.497 e. The number of nitrogens with one attached hydrogen (secondary N) is 1. The van der Waals surface area contributed by atoms with Crippen molar-refractivity contribution in [1.29, 1.82) is 0 Å². The third-order valence-corrected chi connectivity index (χ3v) is 7.82. The third kappa shape index (κ3) is 6.29. The highest BCUT2D eigenvalue weighted by Crippen LogP contribution is 2.27. The second-order valence-electron chi connectivity index (χ2n) is 9.49. The average molecular weight is 632 g/mol. The number of ether oxygens (including phenoxy) is 1. The number of hydrogen-bond acceptors (Lipinski definition) is 4. The maximum absolute atomic E-state index is 14.0. The minimum absolute atomic E-state index is 0.257. The van der Waals surface area contributed by atoms with Gasteiger partial charge in [0.15, 0.2) is 0 Å². The molecule has 1 heterocycles. The van der Waals surface area contributed by atoms with Gasteiger partial charge in [-0.05, 0) is 89.4 Å². The standard InChI is InChI=1S/C32H28BrClN4O3/c1-21(37(19-18-22-8-4-3-5-9-22)32(40)36-28-11-7-6-10-27(28)33)30-35-29-20-23(34)12-17-26(29)31(39)38(30)24-13-15-25(41-2)16-14-24/h3-17,20-21H,18-19H2,1-2H3,(H,36,40). The first kappa shape index (κ1) is 28.4. The van der Waals surface area contributed by atoms with E-state index in [2.05, 4.69) is 21.2 Å². The average Bonchev–Trinajstić information content (AvgIpc) is 2.98. The number of urea groups is 1. The van der Waals surface area contributed by atoms with Crippen molar-refractivity contribution in [1.82, 2.24) is 14.5 Å². The molecule has 5 aromatic rings. The van der Waals surface area contributed by atoms with Crippen LogP contribution in [-0.4, -0.2) is 34.1 Å². The van der Waals surface area contributed by atoms with Crippen LogP contribution in [0.5, 0.6) is 5.75 Å². The zero-order valence-corrected chi connectivity index (χ0v) is 24.9. The molecule has 0 spiro atoms. The van der Waals surface area contributed by atoms with Crippen molar-refractivity contribution in [3.05, 3.63) is 128 Å². The van der Waals surface area contributed by atoms with Crippen LogP contribution in [0.4, 0.5) is 10.5 Å². The second kappa shape index (κ2) is 12.6. The lowest BCUT2D eigenvalue weighted by atomic mass is 10.1. The van der Waals surface area contributed by atoms with Crippen LogP contribution in [0.2, 0.25) is 5.02 Å². The number of carbonyl (C=O) groups excluding carboxylic acids is 1. The van der Waals surface area contributed by atoms with Gasteiger partial charge in [-0.15, -0.1) is 0 Å². The fourth-order valence-electron chi connectivity index (χ4n) is 4.69. The molecule has 0 aliphatic carbocycles. The lowest BCUT2D eigenvalue weighted by Crippen LogP contribution is -2.41. The molecular formula is C32H28BrClN4O3. The van der Waals surface area contributed by atoms with Gasteiger partial charge in [0, 0.05) is 16.0 Å². The summed E-state index contributed by atoms with van der Waals surface area (Å²) in [5.41, 5.74) is 2.54. The second-order valence-corrected chi connectivity index (χ2v) is 10.8. The van der Waals surface area contributed by atoms with Gasteiger partial charge in [-0.25, -0.2) is 9.78 Å². The lowest BCUT2D eigenvalue weighted by Gasteiger charge is -2.31. The highest BCUT2D eigenvalue weighted by Gasteiger charge is 2.27. The zero-order valence-electron chi connectivity index (χ0n) is 22.6. The Morgan fingerprint density at radius 2 is 1.73 bits per heavy atom. The number of methoxy groups -OCH3 is 1. The van der Waals surface area contributed by atoms with Crippen LogP contribution in [0.3, 0.4) is 0 Å². The molecular weight excluding hydrogens is 604 g/mol. The van der Waals surface area contributed by atoms with E-state index in [-0.39, 0.29) is 11.6 Å². The minimum Gasteiger partial charge on any atom is -0.497 e. The molecule has 0 fully saturated rings. The van der Waals surface area contributed by atoms with Crippen LogP contribution in [-0.2, 0) is 6.42 Å². The van der Waals surface area contributed by atoms with Crippen molar-refractivity contribution in [2.75, 3.05) is 19.0 Å². The van der Waals surface area contributed by atoms with Gasteiger partial charge in [-0.1, -0.05) is 54.1 Å². The number of rotatable bonds is 8. The Labute approximate surface area is 251 Å². The predicted octanol–water partition coefficient (Wildman–Crippen LogP) is 7.65. The molecule has 0 radical (unpaired) electrons. The number of amides is 2. The predicted molar refractivity (Wildman–Crippen MR) is 167 cm³/mol. The molecule has 0 saturated heterocycles. The van der Waals surface area contributed by atoms with Gasteiger partial charge >= 0.3 is 6.03 Å². The number of halogens is 2. The van der Waals surface area contributed by atoms with Gasteiger partial charge in [0.05, 0.1) is 35.4 Å². The quantitative estimate of drug-likeness (QED) is 0.191. The van der Waals surface area contributed by atoms with Gasteiger partial charge in [0.25, 0.3) is 5.56 Å². The summed E-state index contributed by atoms with van der Waals surface area (Å²) in [6.45, 7) is 2.26. The van der Waals surface area contributed by atoms with E-state index in [1.807, 2.05) is 61.5 Å². The van der Waals surface area contributed by atoms with E-state index < -0.39 is 6.04 Å². The third-order valence-electron chi connectivity index (χ3n) is 6.89. The van der Waals surface area contributed by atoms with Gasteiger partial charge < -0.3 is 15.0 Å². The zero-order chi connectivity index (χ0) is 28.9. The van der Waals surface area contributed by atoms with Crippen LogP contribution < -0.4 is 15.6 Å². The monoisotopic (exact) mass is 630 g/mol. The minimum atomic E-state index is -0.598. The summed E-state index contributed by atoms with van der Waals surface area (Å²) < 4.78 is 7.64. The van der Waals surface area contributed by atoms with Crippen molar-refractivity contribution < 1.29 is 9.53 Å². The summed E-state index contributed by atoms with van der Waals surface area (Å²) in [4.78, 5) is 34.4. The van der Waals surface area contributed by atoms with E-state index in [9.17, 15) is 9.59 Å². The van der Waals surface area contributed by atoms with Crippen molar-refractivity contribution in [3.8, 4) is 11.4 Å². The Hall–Kier alpha value is -4.14. The number of hydrogen-bond donors (Lipinski definition) is 1. The first-order valence-corrected chi connectivity index (χ1v) is 14.3. The molecule has 2 amide bonds. The molecule has 0 bridgehead atoms. The summed E-state index contributed by atoms with van der Waals surface area (Å²) in [7, 11) is 1.59. The maximum Gasteiger partial charge on any atom is 0.322 e. The fourth-order valence-corrected chi connectivity index (χ4v) is 5.24. The first-order valence-electron chi connectivity index (χ1n) is 13.1. The van der Waals surface area contributed by atoms with Gasteiger partial charge in [-0.2, -0.15) is 0 Å². The summed E-state index contributed by atoms with van der Waals surface area (Å²) in [6, 6.07) is 28.7. The van der Waals surface area contributed by atoms with Crippen LogP contribution in [0.15, 0.2) is 106 Å². The van der Waals surface area contributed by atoms with Gasteiger partial charge in [-0.3, -0.25) is 9.36 Å². The molecule has 9 heteroatoms. The van der Waals surface area contributed by atoms with Crippen LogP contribution in [0.25, 0.3) is 16.6 Å². The van der Waals surface area contributed by atoms with E-state index in [4.69, 9.17) is 21.3 Å². The van der Waals surface area contributed by atoms with E-state index in [1.165, 1.54) is 0 Å². The Balaban J connectivity index is 1.63. The molecule has 1 N–H and O–H groups in total. The van der Waals surface area contributed by atoms with Gasteiger partial charge in [0.1, 0.15) is 11.6 Å². The van der Waals surface area contributed by atoms with E-state index in [1.54, 1.807) is 59.0 Å². The highest BCUT2D eigenvalue weighted by molar-refractivity contribution is 9.10. The Kier molecular flexibility index (Phi) is 8.71. The Morgan fingerprint density at radius 3 is 2.44 bits per heavy atom. The molecule has 1 atom stereocenters. The smallest absolute Gasteiger partial charge is 0.322 e. The number of aromatic nitrogens is 2. The summed E-state index contributed by atoms with van der Waals surface area (Å²) in [6.07, 6.45) is 0.612. The maximum atomic E-state index is 14.0. The lowest BCUT2D eigenvalue weighted by molar-refractivity contribution is 0.190. The van der Waals surface area contributed by atoms with Crippen molar-refractivity contribution in [3.63, 3.8) is 0 Å². The van der Waals surface area contributed by atoms with Crippen molar-refractivity contribution >= 4 is 50.2 Å². The van der Waals surface area contributed by atoms with E-state index in [0.717, 1.165) is 10.0 Å². The molecule has 41 heavy (non-hydrogen) atoms. The molecule has 0 saturated carbocycles. The SMILES string of the molecule is COc1ccc(-n2c(C(C)N(CCc3ccccc3)C(=O)Nc3ccccc3Br)nc3cc(Cl)ccc3c2=O)cc1. The number of para-hydroxylation sites is 1. The van der Waals surface area contributed by atoms with E-state index in [0.29, 0.717) is 51.8 Å². The van der Waals surface area contributed by atoms with Crippen molar-refractivity contribution in [2.24, 2.45) is 0 Å². The first-order chi connectivity index (χ1) is 19.9. The van der Waals surface area contributed by atoms with Gasteiger partial charge in [0.2, 0.25) is 0 Å². The molecule has 5 rings (SSSR count). The number of carbonyl (C=O) groups is 1. The van der Waals surface area contributed by atoms with Crippen LogP contribution in [0.1, 0.15) is 24.4 Å². The number of benzene rings is 4. The van der Waals surface area contributed by atoms with Crippen LogP contribution >= 0.6 is 27.5 Å². The molecule has 0 aliphatic heterocycles. The Bertz CT molecular complexity index is 1740. The van der Waals surface area contributed by atoms with Crippen LogP contribution in [0, 0.1) is 0 Å². The summed E-state index contributed by atoms with van der Waals surface area (Å²) in [5.74, 6) is 1.07. The number of fused-ring (bicyclic) bond motifs is 1. The fraction of sp³-hybridized carbons (Fsp3) is 0.156. The molecule has 4 aromatic carbocycles. The van der Waals surface area contributed by atoms with Crippen molar-refractivity contribution in [2.45, 2.75) is 19.4 Å². The molecule has 1 unspecified atom stereocenters.